The Morgan fingerprint density at radius 3 is 2.36 bits per heavy atom. The number of amides is 2. The van der Waals surface area contributed by atoms with E-state index in [1.54, 1.807) is 41.8 Å². The summed E-state index contributed by atoms with van der Waals surface area (Å²) in [4.78, 5) is 24.2. The second-order valence-corrected chi connectivity index (χ2v) is 7.80. The van der Waals surface area contributed by atoms with E-state index in [4.69, 9.17) is 45.3 Å². The zero-order chi connectivity index (χ0) is 20.3. The zero-order valence-electron chi connectivity index (χ0n) is 14.2. The van der Waals surface area contributed by atoms with Crippen molar-refractivity contribution in [2.45, 2.75) is 0 Å². The first-order chi connectivity index (χ1) is 13.3. The fraction of sp³-hybridized carbons (Fsp3) is 0.0526. The van der Waals surface area contributed by atoms with Crippen molar-refractivity contribution in [2.24, 2.45) is 5.73 Å². The van der Waals surface area contributed by atoms with E-state index < -0.39 is 11.8 Å². The van der Waals surface area contributed by atoms with Crippen LogP contribution in [0.5, 0.6) is 5.75 Å². The van der Waals surface area contributed by atoms with Gasteiger partial charge in [-0.3, -0.25) is 9.59 Å². The number of rotatable bonds is 6. The van der Waals surface area contributed by atoms with Crippen molar-refractivity contribution in [1.82, 2.24) is 0 Å². The molecule has 5 nitrogen and oxygen atoms in total. The third-order valence-electron chi connectivity index (χ3n) is 3.70. The number of ether oxygens (including phenoxy) is 1. The van der Waals surface area contributed by atoms with Gasteiger partial charge in [-0.2, -0.15) is 0 Å². The molecule has 0 atom stereocenters. The van der Waals surface area contributed by atoms with Crippen LogP contribution < -0.4 is 15.8 Å². The maximum absolute atomic E-state index is 12.3. The van der Waals surface area contributed by atoms with Crippen LogP contribution >= 0.6 is 46.1 Å². The van der Waals surface area contributed by atoms with Gasteiger partial charge in [0.15, 0.2) is 6.61 Å². The Labute approximate surface area is 180 Å². The van der Waals surface area contributed by atoms with Gasteiger partial charge in [-0.25, -0.2) is 0 Å². The Balaban J connectivity index is 1.75. The molecule has 3 rings (SSSR count). The normalized spacial score (nSPS) is 10.5. The molecule has 0 saturated carbocycles. The molecule has 0 spiro atoms. The average Bonchev–Trinajstić information content (AvgIpc) is 3.05. The van der Waals surface area contributed by atoms with Crippen LogP contribution in [0.3, 0.4) is 0 Å². The molecular formula is C19H13Cl3N2O3S. The molecule has 0 saturated heterocycles. The summed E-state index contributed by atoms with van der Waals surface area (Å²) in [6.45, 7) is -0.298. The summed E-state index contributed by atoms with van der Waals surface area (Å²) in [6, 6.07) is 11.6. The van der Waals surface area contributed by atoms with Gasteiger partial charge in [0, 0.05) is 21.0 Å². The first-order valence-electron chi connectivity index (χ1n) is 7.90. The molecule has 0 unspecified atom stereocenters. The molecule has 0 aliphatic rings. The smallest absolute Gasteiger partial charge is 0.262 e. The predicted octanol–water partition coefficient (Wildman–Crippen LogP) is 5.49. The lowest BCUT2D eigenvalue weighted by atomic mass is 10.0. The highest BCUT2D eigenvalue weighted by Gasteiger charge is 2.20. The second-order valence-electron chi connectivity index (χ2n) is 5.64. The molecule has 0 aliphatic carbocycles. The van der Waals surface area contributed by atoms with E-state index in [0.29, 0.717) is 31.4 Å². The molecule has 9 heteroatoms. The van der Waals surface area contributed by atoms with Crippen molar-refractivity contribution in [3.8, 4) is 16.9 Å². The van der Waals surface area contributed by atoms with Crippen LogP contribution in [0.15, 0.2) is 47.8 Å². The van der Waals surface area contributed by atoms with E-state index in [1.807, 2.05) is 0 Å². The molecule has 0 aliphatic heterocycles. The van der Waals surface area contributed by atoms with Crippen molar-refractivity contribution in [1.29, 1.82) is 0 Å². The third-order valence-corrected chi connectivity index (χ3v) is 5.38. The molecule has 28 heavy (non-hydrogen) atoms. The number of hydrogen-bond acceptors (Lipinski definition) is 4. The summed E-state index contributed by atoms with van der Waals surface area (Å²) in [7, 11) is 0. The number of halogens is 3. The highest BCUT2D eigenvalue weighted by atomic mass is 35.5. The third kappa shape index (κ3) is 4.77. The van der Waals surface area contributed by atoms with Gasteiger partial charge < -0.3 is 15.8 Å². The maximum Gasteiger partial charge on any atom is 0.262 e. The highest BCUT2D eigenvalue weighted by molar-refractivity contribution is 7.15. The van der Waals surface area contributed by atoms with Crippen LogP contribution in [0.1, 0.15) is 10.4 Å². The van der Waals surface area contributed by atoms with Gasteiger partial charge in [-0.15, -0.1) is 11.3 Å². The summed E-state index contributed by atoms with van der Waals surface area (Å²) in [5.41, 5.74) is 7.14. The number of carbonyl (C=O) groups excluding carboxylic acids is 2. The highest BCUT2D eigenvalue weighted by Crippen LogP contribution is 2.36. The Hall–Kier alpha value is -2.25. The van der Waals surface area contributed by atoms with E-state index in [-0.39, 0.29) is 12.2 Å². The van der Waals surface area contributed by atoms with Crippen molar-refractivity contribution < 1.29 is 14.3 Å². The predicted molar refractivity (Wildman–Crippen MR) is 114 cm³/mol. The molecule has 0 bridgehead atoms. The van der Waals surface area contributed by atoms with Gasteiger partial charge >= 0.3 is 0 Å². The minimum Gasteiger partial charge on any atom is -0.482 e. The number of nitrogens with one attached hydrogen (secondary N) is 1. The minimum absolute atomic E-state index is 0.227. The topological polar surface area (TPSA) is 81.4 Å². The van der Waals surface area contributed by atoms with E-state index >= 15 is 0 Å². The second kappa shape index (κ2) is 8.84. The quantitative estimate of drug-likeness (QED) is 0.515. The Bertz CT molecular complexity index is 1040. The van der Waals surface area contributed by atoms with Crippen LogP contribution in [0, 0.1) is 0 Å². The van der Waals surface area contributed by atoms with Crippen LogP contribution in [0.25, 0.3) is 11.1 Å². The number of nitrogens with two attached hydrogens (primary N) is 1. The molecule has 0 fully saturated rings. The van der Waals surface area contributed by atoms with Crippen LogP contribution in [0.2, 0.25) is 15.1 Å². The van der Waals surface area contributed by atoms with Gasteiger partial charge in [-0.05, 0) is 35.9 Å². The number of anilines is 1. The number of primary amides is 1. The SMILES string of the molecule is NC(=O)c1c(-c2ccc(Cl)cc2)csc1NC(=O)COc1ccc(Cl)cc1Cl. The van der Waals surface area contributed by atoms with Crippen LogP contribution in [-0.2, 0) is 4.79 Å². The van der Waals surface area contributed by atoms with E-state index in [1.165, 1.54) is 17.4 Å². The molecule has 144 valence electrons. The van der Waals surface area contributed by atoms with E-state index in [9.17, 15) is 9.59 Å². The molecule has 1 aromatic heterocycles. The maximum atomic E-state index is 12.3. The molecule has 0 radical (unpaired) electrons. The Kier molecular flexibility index (Phi) is 6.46. The van der Waals surface area contributed by atoms with Gasteiger partial charge in [0.1, 0.15) is 10.8 Å². The lowest BCUT2D eigenvalue weighted by Gasteiger charge is -2.09. The first-order valence-corrected chi connectivity index (χ1v) is 9.91. The average molecular weight is 456 g/mol. The summed E-state index contributed by atoms with van der Waals surface area (Å²) in [5, 5.41) is 6.07. The van der Waals surface area contributed by atoms with Gasteiger partial charge in [-0.1, -0.05) is 46.9 Å². The Morgan fingerprint density at radius 1 is 1.04 bits per heavy atom. The lowest BCUT2D eigenvalue weighted by Crippen LogP contribution is -2.22. The number of hydrogen-bond donors (Lipinski definition) is 2. The van der Waals surface area contributed by atoms with Gasteiger partial charge in [0.2, 0.25) is 0 Å². The zero-order valence-corrected chi connectivity index (χ0v) is 17.3. The molecule has 3 N–H and O–H groups in total. The largest absolute Gasteiger partial charge is 0.482 e. The minimum atomic E-state index is -0.650. The van der Waals surface area contributed by atoms with Crippen molar-refractivity contribution in [3.05, 3.63) is 68.5 Å². The van der Waals surface area contributed by atoms with Crippen molar-refractivity contribution in [3.63, 3.8) is 0 Å². The lowest BCUT2D eigenvalue weighted by molar-refractivity contribution is -0.118. The van der Waals surface area contributed by atoms with Crippen LogP contribution in [-0.4, -0.2) is 18.4 Å². The number of benzene rings is 2. The number of thiophene rings is 1. The van der Waals surface area contributed by atoms with Crippen LogP contribution in [0.4, 0.5) is 5.00 Å². The fourth-order valence-corrected chi connectivity index (χ4v) is 4.01. The molecule has 3 aromatic rings. The summed E-state index contributed by atoms with van der Waals surface area (Å²) < 4.78 is 5.40. The first kappa shape index (κ1) is 20.5. The van der Waals surface area contributed by atoms with Crippen molar-refractivity contribution >= 4 is 63.0 Å². The monoisotopic (exact) mass is 454 g/mol. The molecular weight excluding hydrogens is 443 g/mol. The standard InChI is InChI=1S/C19H13Cl3N2O3S/c20-11-3-1-10(2-4-11)13-9-28-19(17(13)18(23)26)24-16(25)8-27-15-6-5-12(21)7-14(15)22/h1-7,9H,8H2,(H2,23,26)(H,24,25). The molecule has 2 amide bonds. The molecule has 1 heterocycles. The number of carbonyl (C=O) groups is 2. The van der Waals surface area contributed by atoms with E-state index in [2.05, 4.69) is 5.32 Å². The van der Waals surface area contributed by atoms with Crippen molar-refractivity contribution in [2.75, 3.05) is 11.9 Å². The molecule has 2 aromatic carbocycles. The summed E-state index contributed by atoms with van der Waals surface area (Å²) in [6.07, 6.45) is 0. The summed E-state index contributed by atoms with van der Waals surface area (Å²) >= 11 is 18.9. The summed E-state index contributed by atoms with van der Waals surface area (Å²) in [5.74, 6) is -0.787. The van der Waals surface area contributed by atoms with Gasteiger partial charge in [0.25, 0.3) is 11.8 Å². The van der Waals surface area contributed by atoms with Gasteiger partial charge in [0.05, 0.1) is 10.6 Å². The Morgan fingerprint density at radius 2 is 1.71 bits per heavy atom. The van der Waals surface area contributed by atoms with E-state index in [0.717, 1.165) is 5.56 Å². The fourth-order valence-electron chi connectivity index (χ4n) is 2.43.